The highest BCUT2D eigenvalue weighted by Crippen LogP contribution is 2.19. The summed E-state index contributed by atoms with van der Waals surface area (Å²) in [7, 11) is 1.70. The second kappa shape index (κ2) is 10.6. The molecule has 0 radical (unpaired) electrons. The molecular weight excluding hydrogens is 340 g/mol. The van der Waals surface area contributed by atoms with E-state index in [1.165, 1.54) is 12.1 Å². The summed E-state index contributed by atoms with van der Waals surface area (Å²) in [5.41, 5.74) is 1.28. The molecule has 2 heterocycles. The molecule has 1 aromatic carbocycles. The van der Waals surface area contributed by atoms with E-state index in [1.54, 1.807) is 13.4 Å². The van der Waals surface area contributed by atoms with Gasteiger partial charge in [0.15, 0.2) is 5.96 Å². The number of nitrogens with zero attached hydrogens (tertiary/aromatic N) is 2. The van der Waals surface area contributed by atoms with Crippen LogP contribution >= 0.6 is 0 Å². The smallest absolute Gasteiger partial charge is 0.191 e. The average molecular weight is 370 g/mol. The summed E-state index contributed by atoms with van der Waals surface area (Å²) in [5.74, 6) is 1.82. The summed E-state index contributed by atoms with van der Waals surface area (Å²) in [6.07, 6.45) is 4.86. The quantitative estimate of drug-likeness (QED) is 0.425. The van der Waals surface area contributed by atoms with Crippen LogP contribution in [0, 0.1) is 0 Å². The van der Waals surface area contributed by atoms with Gasteiger partial charge in [0.05, 0.1) is 19.4 Å². The molecule has 1 unspecified atom stereocenters. The van der Waals surface area contributed by atoms with E-state index in [0.29, 0.717) is 19.2 Å². The molecule has 27 heavy (non-hydrogen) atoms. The number of methoxy groups -OCH3 is 1. The van der Waals surface area contributed by atoms with E-state index in [2.05, 4.69) is 50.9 Å². The Kier molecular flexibility index (Phi) is 7.59. The SMILES string of the molecule is COCCN=C(NCCc1ccco1)NC1CCCN(c2ccccc2)C1. The molecule has 1 fully saturated rings. The van der Waals surface area contributed by atoms with Crippen LogP contribution in [0.25, 0.3) is 0 Å². The van der Waals surface area contributed by atoms with Gasteiger partial charge in [-0.2, -0.15) is 0 Å². The molecular formula is C21H30N4O2. The number of aliphatic imine (C=N–C) groups is 1. The number of guanidine groups is 1. The van der Waals surface area contributed by atoms with Crippen LogP contribution in [0.2, 0.25) is 0 Å². The van der Waals surface area contributed by atoms with E-state index in [-0.39, 0.29) is 0 Å². The lowest BCUT2D eigenvalue weighted by Crippen LogP contribution is -2.51. The number of rotatable bonds is 8. The van der Waals surface area contributed by atoms with Crippen molar-refractivity contribution in [2.45, 2.75) is 25.3 Å². The summed E-state index contributed by atoms with van der Waals surface area (Å²) >= 11 is 0. The number of furan rings is 1. The number of hydrogen-bond acceptors (Lipinski definition) is 4. The van der Waals surface area contributed by atoms with Crippen LogP contribution in [0.1, 0.15) is 18.6 Å². The molecule has 1 aromatic heterocycles. The van der Waals surface area contributed by atoms with Crippen molar-refractivity contribution in [3.05, 3.63) is 54.5 Å². The van der Waals surface area contributed by atoms with Crippen LogP contribution < -0.4 is 15.5 Å². The summed E-state index contributed by atoms with van der Waals surface area (Å²) < 4.78 is 10.5. The monoisotopic (exact) mass is 370 g/mol. The highest BCUT2D eigenvalue weighted by atomic mass is 16.5. The predicted octanol–water partition coefficient (Wildman–Crippen LogP) is 2.67. The molecule has 6 nitrogen and oxygen atoms in total. The second-order valence-corrected chi connectivity index (χ2v) is 6.74. The molecule has 146 valence electrons. The van der Waals surface area contributed by atoms with Crippen LogP contribution in [0.5, 0.6) is 0 Å². The van der Waals surface area contributed by atoms with Gasteiger partial charge in [0.1, 0.15) is 5.76 Å². The molecule has 0 amide bonds. The van der Waals surface area contributed by atoms with Gasteiger partial charge in [-0.05, 0) is 37.1 Å². The van der Waals surface area contributed by atoms with E-state index in [0.717, 1.165) is 44.2 Å². The lowest BCUT2D eigenvalue weighted by molar-refractivity contribution is 0.207. The first-order valence-corrected chi connectivity index (χ1v) is 9.71. The van der Waals surface area contributed by atoms with Gasteiger partial charge in [-0.3, -0.25) is 4.99 Å². The lowest BCUT2D eigenvalue weighted by Gasteiger charge is -2.35. The summed E-state index contributed by atoms with van der Waals surface area (Å²) in [6, 6.07) is 14.9. The summed E-state index contributed by atoms with van der Waals surface area (Å²) in [6.45, 7) is 4.12. The number of para-hydroxylation sites is 1. The Hall–Kier alpha value is -2.47. The molecule has 1 aliphatic rings. The molecule has 1 saturated heterocycles. The number of hydrogen-bond donors (Lipinski definition) is 2. The maximum Gasteiger partial charge on any atom is 0.191 e. The number of anilines is 1. The lowest BCUT2D eigenvalue weighted by atomic mass is 10.1. The zero-order valence-corrected chi connectivity index (χ0v) is 16.1. The molecule has 0 aliphatic carbocycles. The van der Waals surface area contributed by atoms with Crippen molar-refractivity contribution in [3.63, 3.8) is 0 Å². The fraction of sp³-hybridized carbons (Fsp3) is 0.476. The topological polar surface area (TPSA) is 62.0 Å². The third-order valence-electron chi connectivity index (χ3n) is 4.69. The van der Waals surface area contributed by atoms with Crippen LogP contribution in [-0.2, 0) is 11.2 Å². The van der Waals surface area contributed by atoms with Crippen molar-refractivity contribution >= 4 is 11.6 Å². The zero-order chi connectivity index (χ0) is 18.7. The Bertz CT molecular complexity index is 673. The average Bonchev–Trinajstić information content (AvgIpc) is 3.22. The van der Waals surface area contributed by atoms with E-state index >= 15 is 0 Å². The van der Waals surface area contributed by atoms with Crippen molar-refractivity contribution in [2.24, 2.45) is 4.99 Å². The first-order valence-electron chi connectivity index (χ1n) is 9.71. The minimum absolute atomic E-state index is 0.372. The zero-order valence-electron chi connectivity index (χ0n) is 16.1. The molecule has 2 aromatic rings. The minimum Gasteiger partial charge on any atom is -0.469 e. The first kappa shape index (κ1) is 19.3. The molecule has 0 spiro atoms. The fourth-order valence-corrected chi connectivity index (χ4v) is 3.32. The van der Waals surface area contributed by atoms with E-state index < -0.39 is 0 Å². The number of benzene rings is 1. The van der Waals surface area contributed by atoms with Gasteiger partial charge in [0.25, 0.3) is 0 Å². The number of ether oxygens (including phenoxy) is 1. The molecule has 3 rings (SSSR count). The Morgan fingerprint density at radius 2 is 2.15 bits per heavy atom. The predicted molar refractivity (Wildman–Crippen MR) is 109 cm³/mol. The minimum atomic E-state index is 0.372. The third kappa shape index (κ3) is 6.32. The van der Waals surface area contributed by atoms with Crippen LogP contribution in [0.15, 0.2) is 58.1 Å². The summed E-state index contributed by atoms with van der Waals surface area (Å²) in [5, 5.41) is 7.03. The molecule has 0 bridgehead atoms. The Morgan fingerprint density at radius 3 is 2.93 bits per heavy atom. The molecule has 1 atom stereocenters. The highest BCUT2D eigenvalue weighted by Gasteiger charge is 2.21. The second-order valence-electron chi connectivity index (χ2n) is 6.74. The number of piperidine rings is 1. The Balaban J connectivity index is 1.54. The largest absolute Gasteiger partial charge is 0.469 e. The van der Waals surface area contributed by atoms with Gasteiger partial charge < -0.3 is 24.7 Å². The highest BCUT2D eigenvalue weighted by molar-refractivity contribution is 5.80. The van der Waals surface area contributed by atoms with E-state index in [9.17, 15) is 0 Å². The van der Waals surface area contributed by atoms with Crippen molar-refractivity contribution in [2.75, 3.05) is 44.8 Å². The normalized spacial score (nSPS) is 17.7. The van der Waals surface area contributed by atoms with Crippen molar-refractivity contribution in [1.29, 1.82) is 0 Å². The van der Waals surface area contributed by atoms with Crippen LogP contribution in [-0.4, -0.2) is 51.9 Å². The Morgan fingerprint density at radius 1 is 1.26 bits per heavy atom. The fourth-order valence-electron chi connectivity index (χ4n) is 3.32. The van der Waals surface area contributed by atoms with Crippen LogP contribution in [0.3, 0.4) is 0 Å². The third-order valence-corrected chi connectivity index (χ3v) is 4.69. The van der Waals surface area contributed by atoms with Gasteiger partial charge in [-0.15, -0.1) is 0 Å². The van der Waals surface area contributed by atoms with Gasteiger partial charge in [0, 0.05) is 44.9 Å². The van der Waals surface area contributed by atoms with Crippen molar-refractivity contribution in [3.8, 4) is 0 Å². The Labute approximate surface area is 161 Å². The standard InChI is InChI=1S/C21H30N4O2/c1-26-16-13-23-21(22-12-11-20-10-6-15-27-20)24-18-7-5-14-25(17-18)19-8-3-2-4-9-19/h2-4,6,8-10,15,18H,5,7,11-14,16-17H2,1H3,(H2,22,23,24). The van der Waals surface area contributed by atoms with E-state index in [4.69, 9.17) is 9.15 Å². The molecule has 6 heteroatoms. The van der Waals surface area contributed by atoms with Gasteiger partial charge >= 0.3 is 0 Å². The van der Waals surface area contributed by atoms with Crippen LogP contribution in [0.4, 0.5) is 5.69 Å². The van der Waals surface area contributed by atoms with Crippen molar-refractivity contribution in [1.82, 2.24) is 10.6 Å². The molecule has 1 aliphatic heterocycles. The maximum atomic E-state index is 5.40. The van der Waals surface area contributed by atoms with Gasteiger partial charge in [0.2, 0.25) is 0 Å². The van der Waals surface area contributed by atoms with Gasteiger partial charge in [-0.1, -0.05) is 18.2 Å². The molecule has 0 saturated carbocycles. The summed E-state index contributed by atoms with van der Waals surface area (Å²) in [4.78, 5) is 7.09. The van der Waals surface area contributed by atoms with Crippen molar-refractivity contribution < 1.29 is 9.15 Å². The molecule has 2 N–H and O–H groups in total. The maximum absolute atomic E-state index is 5.40. The van der Waals surface area contributed by atoms with E-state index in [1.807, 2.05) is 12.1 Å². The van der Waals surface area contributed by atoms with Gasteiger partial charge in [-0.25, -0.2) is 0 Å². The first-order chi connectivity index (χ1) is 13.3. The number of nitrogens with one attached hydrogen (secondary N) is 2.